The second-order valence-electron chi connectivity index (χ2n) is 5.56. The molecule has 1 aliphatic heterocycles. The van der Waals surface area contributed by atoms with Gasteiger partial charge in [0, 0.05) is 36.5 Å². The van der Waals surface area contributed by atoms with Gasteiger partial charge in [-0.15, -0.1) is 0 Å². The Kier molecular flexibility index (Phi) is 5.85. The zero-order valence-electron chi connectivity index (χ0n) is 13.2. The smallest absolute Gasteiger partial charge is 0.244 e. The molecule has 1 aromatic carbocycles. The van der Waals surface area contributed by atoms with Gasteiger partial charge in [0.2, 0.25) is 5.91 Å². The molecule has 1 N–H and O–H groups in total. The molecule has 0 bridgehead atoms. The third-order valence-electron chi connectivity index (χ3n) is 3.69. The molecule has 0 unspecified atom stereocenters. The van der Waals surface area contributed by atoms with Gasteiger partial charge < -0.3 is 9.15 Å². The van der Waals surface area contributed by atoms with E-state index in [-0.39, 0.29) is 18.6 Å². The summed E-state index contributed by atoms with van der Waals surface area (Å²) in [5.74, 6) is 0.924. The fraction of sp³-hybridized carbons (Fsp3) is 0.412. The lowest BCUT2D eigenvalue weighted by atomic mass is 10.2. The van der Waals surface area contributed by atoms with Crippen LogP contribution in [0.4, 0.5) is 0 Å². The lowest BCUT2D eigenvalue weighted by Gasteiger charge is -2.21. The number of amides is 1. The van der Waals surface area contributed by atoms with Crippen molar-refractivity contribution in [3.05, 3.63) is 41.4 Å². The number of ether oxygens (including phenoxy) is 1. The summed E-state index contributed by atoms with van der Waals surface area (Å²) in [5, 5.41) is 0.664. The number of aromatic nitrogens is 1. The van der Waals surface area contributed by atoms with Crippen LogP contribution in [-0.4, -0.2) is 23.8 Å². The number of nitrogens with one attached hydrogen (secondary N) is 1. The minimum atomic E-state index is -0.346. The van der Waals surface area contributed by atoms with Gasteiger partial charge in [-0.1, -0.05) is 11.6 Å². The molecule has 1 aliphatic rings. The summed E-state index contributed by atoms with van der Waals surface area (Å²) >= 11 is 5.86. The molecule has 1 amide bonds. The Morgan fingerprint density at radius 3 is 2.92 bits per heavy atom. The zero-order valence-corrected chi connectivity index (χ0v) is 13.9. The number of aryl methyl sites for hydroxylation is 1. The molecule has 1 fully saturated rings. The Bertz CT molecular complexity index is 665. The fourth-order valence-corrected chi connectivity index (χ4v) is 2.51. The van der Waals surface area contributed by atoms with Crippen LogP contribution >= 0.6 is 11.6 Å². The summed E-state index contributed by atoms with van der Waals surface area (Å²) in [4.78, 5) is 21.2. The number of hydrogen-bond acceptors (Lipinski definition) is 5. The fourth-order valence-electron chi connectivity index (χ4n) is 2.38. The SMILES string of the molecule is O=C(CCc1ncc(-c2ccc(Cl)cc2)o1)NO[C@@H]1CCCCO1. The molecule has 1 aromatic heterocycles. The van der Waals surface area contributed by atoms with Gasteiger partial charge in [-0.2, -0.15) is 0 Å². The molecule has 7 heteroatoms. The first-order valence-electron chi connectivity index (χ1n) is 7.97. The first-order chi connectivity index (χ1) is 11.7. The van der Waals surface area contributed by atoms with Crippen molar-refractivity contribution in [2.45, 2.75) is 38.4 Å². The van der Waals surface area contributed by atoms with Crippen LogP contribution in [0.25, 0.3) is 11.3 Å². The number of nitrogens with zero attached hydrogens (tertiary/aromatic N) is 1. The Labute approximate surface area is 145 Å². The van der Waals surface area contributed by atoms with Gasteiger partial charge >= 0.3 is 0 Å². The molecule has 2 heterocycles. The van der Waals surface area contributed by atoms with Crippen molar-refractivity contribution < 1.29 is 18.8 Å². The minimum Gasteiger partial charge on any atom is -0.441 e. The van der Waals surface area contributed by atoms with Crippen molar-refractivity contribution >= 4 is 17.5 Å². The molecule has 0 radical (unpaired) electrons. The van der Waals surface area contributed by atoms with E-state index >= 15 is 0 Å². The average molecular weight is 351 g/mol. The number of hydroxylamine groups is 1. The normalized spacial score (nSPS) is 17.6. The minimum absolute atomic E-state index is 0.226. The summed E-state index contributed by atoms with van der Waals surface area (Å²) in [6, 6.07) is 7.29. The molecule has 6 nitrogen and oxygen atoms in total. The second-order valence-corrected chi connectivity index (χ2v) is 6.00. The summed E-state index contributed by atoms with van der Waals surface area (Å²) in [5.41, 5.74) is 3.31. The van der Waals surface area contributed by atoms with Crippen molar-refractivity contribution in [3.63, 3.8) is 0 Å². The van der Waals surface area contributed by atoms with Crippen LogP contribution < -0.4 is 5.48 Å². The third-order valence-corrected chi connectivity index (χ3v) is 3.94. The van der Waals surface area contributed by atoms with Gasteiger partial charge in [-0.05, 0) is 37.1 Å². The van der Waals surface area contributed by atoms with E-state index in [9.17, 15) is 4.79 Å². The van der Waals surface area contributed by atoms with Crippen LogP contribution in [0.15, 0.2) is 34.9 Å². The summed E-state index contributed by atoms with van der Waals surface area (Å²) in [6.45, 7) is 0.671. The molecule has 0 spiro atoms. The van der Waals surface area contributed by atoms with Crippen LogP contribution in [0.5, 0.6) is 0 Å². The summed E-state index contributed by atoms with van der Waals surface area (Å²) < 4.78 is 11.0. The quantitative estimate of drug-likeness (QED) is 0.807. The van der Waals surface area contributed by atoms with Gasteiger partial charge in [0.1, 0.15) is 0 Å². The molecular weight excluding hydrogens is 332 g/mol. The van der Waals surface area contributed by atoms with Crippen molar-refractivity contribution in [1.82, 2.24) is 10.5 Å². The molecule has 3 rings (SSSR count). The Balaban J connectivity index is 1.44. The van der Waals surface area contributed by atoms with Crippen LogP contribution in [-0.2, 0) is 20.8 Å². The van der Waals surface area contributed by atoms with E-state index in [1.165, 1.54) is 0 Å². The monoisotopic (exact) mass is 350 g/mol. The van der Waals surface area contributed by atoms with Crippen molar-refractivity contribution in [3.8, 4) is 11.3 Å². The van der Waals surface area contributed by atoms with Gasteiger partial charge in [-0.3, -0.25) is 4.79 Å². The lowest BCUT2D eigenvalue weighted by molar-refractivity contribution is -0.200. The predicted octanol–water partition coefficient (Wildman–Crippen LogP) is 3.50. The number of oxazole rings is 1. The van der Waals surface area contributed by atoms with E-state index in [1.54, 1.807) is 18.3 Å². The van der Waals surface area contributed by atoms with E-state index in [4.69, 9.17) is 25.6 Å². The standard InChI is InChI=1S/C17H19ClN2O4/c18-13-6-4-12(5-7-13)14-11-19-16(23-14)9-8-15(21)20-24-17-3-1-2-10-22-17/h4-7,11,17H,1-3,8-10H2,(H,20,21)/t17-/m1/s1. The molecule has 1 atom stereocenters. The highest BCUT2D eigenvalue weighted by Crippen LogP contribution is 2.22. The molecule has 128 valence electrons. The number of carbonyl (C=O) groups is 1. The predicted molar refractivity (Wildman–Crippen MR) is 88.1 cm³/mol. The first kappa shape index (κ1) is 17.0. The Hall–Kier alpha value is -1.89. The number of benzene rings is 1. The number of rotatable bonds is 6. The van der Waals surface area contributed by atoms with E-state index in [0.717, 1.165) is 24.8 Å². The number of hydrogen-bond donors (Lipinski definition) is 1. The van der Waals surface area contributed by atoms with Gasteiger partial charge in [-0.25, -0.2) is 15.3 Å². The van der Waals surface area contributed by atoms with Crippen molar-refractivity contribution in [1.29, 1.82) is 0 Å². The van der Waals surface area contributed by atoms with Crippen LogP contribution in [0.3, 0.4) is 0 Å². The van der Waals surface area contributed by atoms with Crippen molar-refractivity contribution in [2.24, 2.45) is 0 Å². The maximum Gasteiger partial charge on any atom is 0.244 e. The van der Waals surface area contributed by atoms with Gasteiger partial charge in [0.15, 0.2) is 17.9 Å². The number of halogens is 1. The third kappa shape index (κ3) is 4.80. The van der Waals surface area contributed by atoms with Crippen LogP contribution in [0.2, 0.25) is 5.02 Å². The Morgan fingerprint density at radius 1 is 1.33 bits per heavy atom. The van der Waals surface area contributed by atoms with E-state index in [0.29, 0.717) is 29.7 Å². The molecule has 0 aliphatic carbocycles. The molecule has 24 heavy (non-hydrogen) atoms. The average Bonchev–Trinajstić information content (AvgIpc) is 3.09. The highest BCUT2D eigenvalue weighted by atomic mass is 35.5. The van der Waals surface area contributed by atoms with E-state index in [2.05, 4.69) is 10.5 Å². The van der Waals surface area contributed by atoms with Gasteiger partial charge in [0.05, 0.1) is 6.20 Å². The second kappa shape index (κ2) is 8.28. The Morgan fingerprint density at radius 2 is 2.17 bits per heavy atom. The topological polar surface area (TPSA) is 73.6 Å². The summed E-state index contributed by atoms with van der Waals surface area (Å²) in [6.07, 6.45) is 4.80. The highest BCUT2D eigenvalue weighted by Gasteiger charge is 2.16. The number of carbonyl (C=O) groups excluding carboxylic acids is 1. The molecular formula is C17H19ClN2O4. The van der Waals surface area contributed by atoms with E-state index < -0.39 is 0 Å². The van der Waals surface area contributed by atoms with Crippen LogP contribution in [0.1, 0.15) is 31.6 Å². The molecule has 1 saturated heterocycles. The lowest BCUT2D eigenvalue weighted by Crippen LogP contribution is -2.33. The van der Waals surface area contributed by atoms with Crippen LogP contribution in [0, 0.1) is 0 Å². The maximum atomic E-state index is 11.8. The van der Waals surface area contributed by atoms with E-state index in [1.807, 2.05) is 12.1 Å². The molecule has 0 saturated carbocycles. The zero-order chi connectivity index (χ0) is 16.8. The largest absolute Gasteiger partial charge is 0.441 e. The maximum absolute atomic E-state index is 11.8. The highest BCUT2D eigenvalue weighted by molar-refractivity contribution is 6.30. The summed E-state index contributed by atoms with van der Waals surface area (Å²) in [7, 11) is 0. The first-order valence-corrected chi connectivity index (χ1v) is 8.35. The molecule has 2 aromatic rings. The van der Waals surface area contributed by atoms with Crippen molar-refractivity contribution in [2.75, 3.05) is 6.61 Å². The van der Waals surface area contributed by atoms with Gasteiger partial charge in [0.25, 0.3) is 0 Å².